The van der Waals surface area contributed by atoms with Gasteiger partial charge in [0.1, 0.15) is 5.82 Å². The van der Waals surface area contributed by atoms with Crippen LogP contribution >= 0.6 is 0 Å². The predicted molar refractivity (Wildman–Crippen MR) is 158 cm³/mol. The van der Waals surface area contributed by atoms with Crippen molar-refractivity contribution in [1.82, 2.24) is 9.88 Å². The second kappa shape index (κ2) is 16.9. The van der Waals surface area contributed by atoms with E-state index < -0.39 is 0 Å². The summed E-state index contributed by atoms with van der Waals surface area (Å²) in [5.41, 5.74) is 2.72. The average molecular weight is 524 g/mol. The van der Waals surface area contributed by atoms with Crippen LogP contribution in [0.25, 0.3) is 0 Å². The molecule has 0 atom stereocenters. The third-order valence-electron chi connectivity index (χ3n) is 5.39. The van der Waals surface area contributed by atoms with Crippen LogP contribution in [-0.2, 0) is 0 Å². The maximum absolute atomic E-state index is 12.8. The van der Waals surface area contributed by atoms with E-state index in [9.17, 15) is 9.59 Å². The van der Waals surface area contributed by atoms with E-state index >= 15 is 0 Å². The second-order valence-electron chi connectivity index (χ2n) is 8.78. The summed E-state index contributed by atoms with van der Waals surface area (Å²) in [5, 5.41) is 14.1. The minimum absolute atomic E-state index is 0.0333. The molecule has 1 aliphatic carbocycles. The molecule has 2 amide bonds. The molecule has 2 fully saturated rings. The summed E-state index contributed by atoms with van der Waals surface area (Å²) in [5.74, 6) is 0.979. The number of anilines is 3. The summed E-state index contributed by atoms with van der Waals surface area (Å²) < 4.78 is 5.54. The summed E-state index contributed by atoms with van der Waals surface area (Å²) in [6.07, 6.45) is 7.30. The minimum atomic E-state index is -0.194. The van der Waals surface area contributed by atoms with E-state index in [-0.39, 0.29) is 17.7 Å². The van der Waals surface area contributed by atoms with Gasteiger partial charge in [0, 0.05) is 42.5 Å². The Hall–Kier alpha value is -3.68. The number of hydrogen-bond donors (Lipinski definition) is 3. The number of allylic oxidation sites excluding steroid dienone is 1. The number of nitrogens with zero attached hydrogens (tertiary/aromatic N) is 2. The molecular formula is C30H45N5O3. The molecule has 1 saturated carbocycles. The second-order valence-corrected chi connectivity index (χ2v) is 8.78. The first-order valence-corrected chi connectivity index (χ1v) is 13.5. The van der Waals surface area contributed by atoms with Crippen LogP contribution in [0.15, 0.2) is 43.1 Å². The molecule has 1 aromatic heterocycles. The number of urea groups is 1. The van der Waals surface area contributed by atoms with Crippen molar-refractivity contribution >= 4 is 34.7 Å². The van der Waals surface area contributed by atoms with Crippen molar-refractivity contribution in [3.63, 3.8) is 0 Å². The lowest BCUT2D eigenvalue weighted by molar-refractivity contribution is 0.0968. The number of aromatic nitrogens is 1. The van der Waals surface area contributed by atoms with Crippen molar-refractivity contribution in [3.8, 4) is 5.75 Å². The highest BCUT2D eigenvalue weighted by atomic mass is 16.5. The van der Waals surface area contributed by atoms with E-state index in [1.807, 2.05) is 39.0 Å². The van der Waals surface area contributed by atoms with Crippen molar-refractivity contribution in [2.45, 2.75) is 67.2 Å². The summed E-state index contributed by atoms with van der Waals surface area (Å²) in [7, 11) is 1.55. The van der Waals surface area contributed by atoms with Crippen LogP contribution in [0.4, 0.5) is 22.0 Å². The average Bonchev–Trinajstić information content (AvgIpc) is 3.70. The SMILES string of the molecule is C=CC.CC.CCC.COc1c(Nc2cc(NC(=O)N3CCC3)ncc2C(=O)C2CC2)cccc1C(C)=N. The molecule has 4 rings (SSSR count). The zero-order valence-electron chi connectivity index (χ0n) is 24.1. The maximum Gasteiger partial charge on any atom is 0.323 e. The van der Waals surface area contributed by atoms with Gasteiger partial charge in [-0.15, -0.1) is 6.58 Å². The van der Waals surface area contributed by atoms with Gasteiger partial charge in [0.15, 0.2) is 11.5 Å². The van der Waals surface area contributed by atoms with Gasteiger partial charge >= 0.3 is 6.03 Å². The number of para-hydroxylation sites is 1. The molecule has 1 saturated heterocycles. The fraction of sp³-hybridized carbons (Fsp3) is 0.467. The molecule has 2 heterocycles. The zero-order chi connectivity index (χ0) is 28.7. The molecule has 3 N–H and O–H groups in total. The third kappa shape index (κ3) is 9.32. The van der Waals surface area contributed by atoms with Gasteiger partial charge in [-0.1, -0.05) is 46.3 Å². The van der Waals surface area contributed by atoms with Crippen LogP contribution in [0.1, 0.15) is 83.1 Å². The Bertz CT molecular complexity index is 1080. The Kier molecular flexibility index (Phi) is 14.4. The van der Waals surface area contributed by atoms with Gasteiger partial charge in [-0.2, -0.15) is 0 Å². The molecule has 208 valence electrons. The number of rotatable bonds is 7. The molecule has 2 aliphatic rings. The smallest absolute Gasteiger partial charge is 0.323 e. The Balaban J connectivity index is 0.000000811. The quantitative estimate of drug-likeness (QED) is 0.196. The van der Waals surface area contributed by atoms with Crippen LogP contribution in [0.5, 0.6) is 5.75 Å². The van der Waals surface area contributed by atoms with Gasteiger partial charge in [0.2, 0.25) is 0 Å². The van der Waals surface area contributed by atoms with Crippen LogP contribution < -0.4 is 15.4 Å². The molecule has 0 unspecified atom stereocenters. The Labute approximate surface area is 228 Å². The molecule has 2 aromatic rings. The van der Waals surface area contributed by atoms with E-state index in [0.29, 0.717) is 39.8 Å². The number of methoxy groups -OCH3 is 1. The summed E-state index contributed by atoms with van der Waals surface area (Å²) in [6.45, 7) is 16.7. The third-order valence-corrected chi connectivity index (χ3v) is 5.39. The number of ketones is 1. The number of carbonyl (C=O) groups is 2. The van der Waals surface area contributed by atoms with E-state index in [4.69, 9.17) is 10.1 Å². The van der Waals surface area contributed by atoms with E-state index in [1.165, 1.54) is 12.6 Å². The van der Waals surface area contributed by atoms with Crippen molar-refractivity contribution in [1.29, 1.82) is 5.41 Å². The summed E-state index contributed by atoms with van der Waals surface area (Å²) in [6, 6.07) is 6.95. The molecule has 0 spiro atoms. The molecule has 1 aromatic carbocycles. The summed E-state index contributed by atoms with van der Waals surface area (Å²) in [4.78, 5) is 31.1. The van der Waals surface area contributed by atoms with E-state index in [2.05, 4.69) is 36.0 Å². The predicted octanol–water partition coefficient (Wildman–Crippen LogP) is 7.69. The maximum atomic E-state index is 12.8. The highest BCUT2D eigenvalue weighted by Crippen LogP contribution is 2.37. The minimum Gasteiger partial charge on any atom is -0.494 e. The van der Waals surface area contributed by atoms with Crippen LogP contribution in [0.3, 0.4) is 0 Å². The first-order chi connectivity index (χ1) is 18.3. The number of hydrogen-bond acceptors (Lipinski definition) is 6. The molecule has 8 heteroatoms. The topological polar surface area (TPSA) is 107 Å². The number of nitrogens with one attached hydrogen (secondary N) is 3. The lowest BCUT2D eigenvalue weighted by Crippen LogP contribution is -2.44. The lowest BCUT2D eigenvalue weighted by Gasteiger charge is -2.30. The Morgan fingerprint density at radius 1 is 1.18 bits per heavy atom. The number of carbonyl (C=O) groups excluding carboxylic acids is 2. The number of pyridine rings is 1. The van der Waals surface area contributed by atoms with Crippen molar-refractivity contribution in [2.75, 3.05) is 30.8 Å². The first-order valence-electron chi connectivity index (χ1n) is 13.5. The Morgan fingerprint density at radius 3 is 2.26 bits per heavy atom. The number of ether oxygens (including phenoxy) is 1. The molecule has 8 nitrogen and oxygen atoms in total. The molecular weight excluding hydrogens is 478 g/mol. The fourth-order valence-electron chi connectivity index (χ4n) is 3.39. The van der Waals surface area contributed by atoms with Gasteiger partial charge in [-0.3, -0.25) is 10.1 Å². The van der Waals surface area contributed by atoms with E-state index in [0.717, 1.165) is 32.4 Å². The van der Waals surface area contributed by atoms with Gasteiger partial charge in [0.25, 0.3) is 0 Å². The number of Topliss-reactive ketones (excluding diaryl/α,β-unsaturated/α-hetero) is 1. The van der Waals surface area contributed by atoms with Gasteiger partial charge in [0.05, 0.1) is 24.0 Å². The van der Waals surface area contributed by atoms with Gasteiger partial charge in [-0.25, -0.2) is 9.78 Å². The molecule has 0 radical (unpaired) electrons. The van der Waals surface area contributed by atoms with Crippen molar-refractivity contribution in [2.24, 2.45) is 5.92 Å². The standard InChI is InChI=1S/C22H25N5O3.C3H8.C3H6.C2H6/c1-13(23)15-5-3-6-17(21(15)30-2)25-18-11-19(26-22(29)27-9-4-10-27)24-12-16(18)20(28)14-7-8-14;2*1-3-2;1-2/h3,5-6,11-12,14,23H,4,7-10H2,1-2H3,(H2,24,25,26,29);3H2,1-2H3;3H,1H2,2H3;1-2H3. The fourth-order valence-corrected chi connectivity index (χ4v) is 3.39. The van der Waals surface area contributed by atoms with Crippen LogP contribution in [0.2, 0.25) is 0 Å². The number of benzene rings is 1. The van der Waals surface area contributed by atoms with Crippen molar-refractivity contribution < 1.29 is 14.3 Å². The largest absolute Gasteiger partial charge is 0.494 e. The summed E-state index contributed by atoms with van der Waals surface area (Å²) >= 11 is 0. The van der Waals surface area contributed by atoms with Crippen LogP contribution in [-0.4, -0.2) is 47.6 Å². The zero-order valence-corrected chi connectivity index (χ0v) is 24.1. The molecule has 1 aliphatic heterocycles. The Morgan fingerprint density at radius 2 is 1.79 bits per heavy atom. The van der Waals surface area contributed by atoms with Crippen LogP contribution in [0, 0.1) is 11.3 Å². The highest BCUT2D eigenvalue weighted by Gasteiger charge is 2.32. The normalized spacial score (nSPS) is 13.0. The van der Waals surface area contributed by atoms with Crippen molar-refractivity contribution in [3.05, 3.63) is 54.2 Å². The first kappa shape index (κ1) is 32.3. The van der Waals surface area contributed by atoms with Gasteiger partial charge in [-0.05, 0) is 45.2 Å². The van der Waals surface area contributed by atoms with Gasteiger partial charge < -0.3 is 20.4 Å². The number of amides is 2. The monoisotopic (exact) mass is 523 g/mol. The molecule has 0 bridgehead atoms. The highest BCUT2D eigenvalue weighted by molar-refractivity contribution is 6.06. The lowest BCUT2D eigenvalue weighted by atomic mass is 10.1. The number of likely N-dealkylation sites (tertiary alicyclic amines) is 1. The van der Waals surface area contributed by atoms with E-state index in [1.54, 1.807) is 31.1 Å². The molecule has 38 heavy (non-hydrogen) atoms.